The highest BCUT2D eigenvalue weighted by molar-refractivity contribution is 5.78. The van der Waals surface area contributed by atoms with Crippen LogP contribution in [-0.2, 0) is 4.79 Å². The molecule has 0 radical (unpaired) electrons. The monoisotopic (exact) mass is 226 g/mol. The van der Waals surface area contributed by atoms with Crippen molar-refractivity contribution < 1.29 is 9.90 Å². The molecule has 92 valence electrons. The highest BCUT2D eigenvalue weighted by Gasteiger charge is 2.28. The number of β-amino-alcohol motifs (C(OH)–C–C–N with tert-alkyl or cyclic N) is 1. The average Bonchev–Trinajstić information content (AvgIpc) is 2.19. The summed E-state index contributed by atoms with van der Waals surface area (Å²) in [5, 5.41) is 12.2. The van der Waals surface area contributed by atoms with Gasteiger partial charge in [-0.3, -0.25) is 9.69 Å². The van der Waals surface area contributed by atoms with Gasteiger partial charge in [0.05, 0.1) is 12.6 Å². The highest BCUT2D eigenvalue weighted by atomic mass is 16.3. The van der Waals surface area contributed by atoms with Crippen LogP contribution in [0.4, 0.5) is 0 Å². The number of nitrogens with zero attached hydrogens (tertiary/aromatic N) is 1. The van der Waals surface area contributed by atoms with E-state index in [-0.39, 0.29) is 12.0 Å². The molecule has 4 heteroatoms. The summed E-state index contributed by atoms with van der Waals surface area (Å²) in [5.41, 5.74) is 0. The van der Waals surface area contributed by atoms with E-state index in [1.807, 2.05) is 4.90 Å². The third-order valence-corrected chi connectivity index (χ3v) is 3.76. The van der Waals surface area contributed by atoms with Gasteiger partial charge in [-0.1, -0.05) is 19.8 Å². The van der Waals surface area contributed by atoms with Gasteiger partial charge in [-0.2, -0.15) is 0 Å². The lowest BCUT2D eigenvalue weighted by atomic mass is 9.86. The molecule has 2 fully saturated rings. The summed E-state index contributed by atoms with van der Waals surface area (Å²) in [6, 6.07) is 0.368. The van der Waals surface area contributed by atoms with Crippen molar-refractivity contribution in [2.45, 2.75) is 44.8 Å². The molecule has 1 saturated heterocycles. The zero-order valence-corrected chi connectivity index (χ0v) is 9.98. The van der Waals surface area contributed by atoms with Crippen LogP contribution < -0.4 is 5.32 Å². The second-order valence-electron chi connectivity index (χ2n) is 5.28. The van der Waals surface area contributed by atoms with Gasteiger partial charge >= 0.3 is 0 Å². The summed E-state index contributed by atoms with van der Waals surface area (Å²) in [5.74, 6) is 0.727. The Bertz CT molecular complexity index is 251. The van der Waals surface area contributed by atoms with Crippen molar-refractivity contribution >= 4 is 5.91 Å². The molecule has 2 unspecified atom stereocenters. The van der Waals surface area contributed by atoms with Gasteiger partial charge in [0, 0.05) is 19.1 Å². The Morgan fingerprint density at radius 2 is 2.06 bits per heavy atom. The summed E-state index contributed by atoms with van der Waals surface area (Å²) in [6.45, 7) is 3.96. The number of likely N-dealkylation sites (tertiary alicyclic amines) is 1. The van der Waals surface area contributed by atoms with Crippen LogP contribution in [0.25, 0.3) is 0 Å². The molecule has 2 rings (SSSR count). The Kier molecular flexibility index (Phi) is 3.82. The molecular formula is C12H22N2O2. The van der Waals surface area contributed by atoms with E-state index in [1.165, 1.54) is 19.3 Å². The van der Waals surface area contributed by atoms with Gasteiger partial charge in [-0.05, 0) is 18.8 Å². The molecule has 0 spiro atoms. The number of hydrogen-bond acceptors (Lipinski definition) is 3. The number of aliphatic hydroxyl groups is 1. The topological polar surface area (TPSA) is 52.6 Å². The summed E-state index contributed by atoms with van der Waals surface area (Å²) < 4.78 is 0. The SMILES string of the molecule is CC1CCCCC1NC(=O)CN1CC(O)C1. The molecule has 1 heterocycles. The fraction of sp³-hybridized carbons (Fsp3) is 0.917. The Hall–Kier alpha value is -0.610. The third-order valence-electron chi connectivity index (χ3n) is 3.76. The molecule has 1 amide bonds. The van der Waals surface area contributed by atoms with E-state index >= 15 is 0 Å². The smallest absolute Gasteiger partial charge is 0.234 e. The minimum atomic E-state index is -0.221. The molecule has 1 aliphatic carbocycles. The molecule has 1 saturated carbocycles. The summed E-state index contributed by atoms with van der Waals surface area (Å²) in [7, 11) is 0. The zero-order chi connectivity index (χ0) is 11.5. The van der Waals surface area contributed by atoms with Crippen LogP contribution in [0, 0.1) is 5.92 Å². The van der Waals surface area contributed by atoms with Crippen LogP contribution in [0.3, 0.4) is 0 Å². The Balaban J connectivity index is 1.69. The number of amides is 1. The van der Waals surface area contributed by atoms with Crippen molar-refractivity contribution in [3.05, 3.63) is 0 Å². The van der Waals surface area contributed by atoms with Crippen molar-refractivity contribution in [1.29, 1.82) is 0 Å². The Morgan fingerprint density at radius 1 is 1.38 bits per heavy atom. The van der Waals surface area contributed by atoms with Crippen LogP contribution >= 0.6 is 0 Å². The lowest BCUT2D eigenvalue weighted by Crippen LogP contribution is -2.55. The predicted octanol–water partition coefficient (Wildman–Crippen LogP) is 0.358. The largest absolute Gasteiger partial charge is 0.390 e. The van der Waals surface area contributed by atoms with Crippen molar-refractivity contribution in [3.63, 3.8) is 0 Å². The Labute approximate surface area is 97.0 Å². The van der Waals surface area contributed by atoms with Gasteiger partial charge in [0.25, 0.3) is 0 Å². The lowest BCUT2D eigenvalue weighted by Gasteiger charge is -2.36. The van der Waals surface area contributed by atoms with E-state index in [9.17, 15) is 4.79 Å². The molecule has 1 aliphatic heterocycles. The molecule has 0 aromatic rings. The fourth-order valence-corrected chi connectivity index (χ4v) is 2.66. The van der Waals surface area contributed by atoms with Crippen LogP contribution in [-0.4, -0.2) is 47.7 Å². The van der Waals surface area contributed by atoms with Crippen molar-refractivity contribution in [2.24, 2.45) is 5.92 Å². The van der Waals surface area contributed by atoms with E-state index in [2.05, 4.69) is 12.2 Å². The number of rotatable bonds is 3. The summed E-state index contributed by atoms with van der Waals surface area (Å²) in [4.78, 5) is 13.7. The quantitative estimate of drug-likeness (QED) is 0.730. The zero-order valence-electron chi connectivity index (χ0n) is 9.98. The molecule has 2 N–H and O–H groups in total. The maximum absolute atomic E-state index is 11.7. The molecule has 16 heavy (non-hydrogen) atoms. The van der Waals surface area contributed by atoms with E-state index in [0.29, 0.717) is 31.6 Å². The average molecular weight is 226 g/mol. The fourth-order valence-electron chi connectivity index (χ4n) is 2.66. The highest BCUT2D eigenvalue weighted by Crippen LogP contribution is 2.23. The lowest BCUT2D eigenvalue weighted by molar-refractivity contribution is -0.126. The van der Waals surface area contributed by atoms with Gasteiger partial charge in [-0.15, -0.1) is 0 Å². The first-order chi connectivity index (χ1) is 7.65. The van der Waals surface area contributed by atoms with Crippen molar-refractivity contribution in [2.75, 3.05) is 19.6 Å². The van der Waals surface area contributed by atoms with Crippen LogP contribution in [0.15, 0.2) is 0 Å². The second-order valence-corrected chi connectivity index (χ2v) is 5.28. The van der Waals surface area contributed by atoms with Crippen LogP contribution in [0.1, 0.15) is 32.6 Å². The van der Waals surface area contributed by atoms with Gasteiger partial charge in [-0.25, -0.2) is 0 Å². The predicted molar refractivity (Wildman–Crippen MR) is 62.0 cm³/mol. The van der Waals surface area contributed by atoms with E-state index < -0.39 is 0 Å². The first-order valence-corrected chi connectivity index (χ1v) is 6.35. The molecule has 0 bridgehead atoms. The second kappa shape index (κ2) is 5.15. The minimum absolute atomic E-state index is 0.116. The minimum Gasteiger partial charge on any atom is -0.390 e. The number of hydrogen-bond donors (Lipinski definition) is 2. The summed E-state index contributed by atoms with van der Waals surface area (Å²) >= 11 is 0. The third kappa shape index (κ3) is 2.95. The normalized spacial score (nSPS) is 32.1. The van der Waals surface area contributed by atoms with Gasteiger partial charge in [0.2, 0.25) is 5.91 Å². The molecule has 2 aliphatic rings. The van der Waals surface area contributed by atoms with E-state index in [1.54, 1.807) is 0 Å². The molecule has 0 aromatic carbocycles. The number of nitrogens with one attached hydrogen (secondary N) is 1. The number of carbonyl (C=O) groups is 1. The van der Waals surface area contributed by atoms with Crippen molar-refractivity contribution in [3.8, 4) is 0 Å². The van der Waals surface area contributed by atoms with Gasteiger partial charge in [0.1, 0.15) is 0 Å². The molecular weight excluding hydrogens is 204 g/mol. The number of carbonyl (C=O) groups excluding carboxylic acids is 1. The first-order valence-electron chi connectivity index (χ1n) is 6.35. The van der Waals surface area contributed by atoms with Crippen molar-refractivity contribution in [1.82, 2.24) is 10.2 Å². The maximum atomic E-state index is 11.7. The number of aliphatic hydroxyl groups excluding tert-OH is 1. The van der Waals surface area contributed by atoms with Crippen LogP contribution in [0.5, 0.6) is 0 Å². The molecule has 2 atom stereocenters. The van der Waals surface area contributed by atoms with E-state index in [0.717, 1.165) is 6.42 Å². The molecule has 4 nitrogen and oxygen atoms in total. The Morgan fingerprint density at radius 3 is 2.69 bits per heavy atom. The first kappa shape index (κ1) is 11.9. The summed E-state index contributed by atoms with van der Waals surface area (Å²) in [6.07, 6.45) is 4.66. The van der Waals surface area contributed by atoms with Crippen LogP contribution in [0.2, 0.25) is 0 Å². The van der Waals surface area contributed by atoms with Gasteiger partial charge in [0.15, 0.2) is 0 Å². The maximum Gasteiger partial charge on any atom is 0.234 e. The standard InChI is InChI=1S/C12H22N2O2/c1-9-4-2-3-5-11(9)13-12(16)8-14-6-10(15)7-14/h9-11,15H,2-8H2,1H3,(H,13,16). The molecule has 0 aromatic heterocycles. The van der Waals surface area contributed by atoms with E-state index in [4.69, 9.17) is 5.11 Å². The van der Waals surface area contributed by atoms with Gasteiger partial charge < -0.3 is 10.4 Å².